The summed E-state index contributed by atoms with van der Waals surface area (Å²) < 4.78 is 0. The van der Waals surface area contributed by atoms with Crippen molar-refractivity contribution < 1.29 is 4.79 Å². The second-order valence-electron chi connectivity index (χ2n) is 7.19. The molecule has 6 heteroatoms. The number of benzene rings is 2. The molecule has 2 heterocycles. The van der Waals surface area contributed by atoms with E-state index in [2.05, 4.69) is 33.1 Å². The van der Waals surface area contributed by atoms with Gasteiger partial charge >= 0.3 is 0 Å². The Bertz CT molecular complexity index is 978. The van der Waals surface area contributed by atoms with Gasteiger partial charge in [-0.05, 0) is 25.6 Å². The highest BCUT2D eigenvalue weighted by Crippen LogP contribution is 2.31. The molecule has 0 saturated carbocycles. The molecule has 1 amide bonds. The number of nitrogens with zero attached hydrogens (tertiary/aromatic N) is 3. The molecule has 1 N–H and O–H groups in total. The number of carbonyl (C=O) groups excluding carboxylic acids is 1. The number of carbonyl (C=O) groups is 1. The first-order valence-corrected chi connectivity index (χ1v) is 10.9. The average Bonchev–Trinajstić information content (AvgIpc) is 3.17. The van der Waals surface area contributed by atoms with E-state index in [1.165, 1.54) is 11.3 Å². The Morgan fingerprint density at radius 3 is 2.45 bits per heavy atom. The molecule has 1 aliphatic heterocycles. The number of nitrogens with one attached hydrogen (secondary N) is 1. The van der Waals surface area contributed by atoms with Crippen molar-refractivity contribution in [1.29, 1.82) is 0 Å². The zero-order valence-electron chi connectivity index (χ0n) is 16.9. The fourth-order valence-corrected chi connectivity index (χ4v) is 4.62. The van der Waals surface area contributed by atoms with Crippen molar-refractivity contribution in [3.63, 3.8) is 0 Å². The number of amides is 1. The van der Waals surface area contributed by atoms with Crippen LogP contribution < -0.4 is 10.2 Å². The number of aromatic nitrogens is 1. The number of thiazole rings is 1. The second-order valence-corrected chi connectivity index (χ2v) is 8.19. The van der Waals surface area contributed by atoms with Gasteiger partial charge in [-0.25, -0.2) is 4.98 Å². The van der Waals surface area contributed by atoms with Gasteiger partial charge in [-0.2, -0.15) is 0 Å². The van der Waals surface area contributed by atoms with Crippen LogP contribution >= 0.6 is 11.3 Å². The Balaban J connectivity index is 1.53. The topological polar surface area (TPSA) is 48.5 Å². The summed E-state index contributed by atoms with van der Waals surface area (Å²) >= 11 is 1.44. The lowest BCUT2D eigenvalue weighted by molar-refractivity contribution is 0.103. The van der Waals surface area contributed by atoms with E-state index in [1.807, 2.05) is 55.5 Å². The summed E-state index contributed by atoms with van der Waals surface area (Å²) in [6.45, 7) is 9.22. The SMILES string of the molecule is CCN1CCN(c2ccccc2NC(=O)c2sc(-c3ccccc3)nc2C)CC1. The van der Waals surface area contributed by atoms with E-state index in [0.717, 1.165) is 60.4 Å². The number of likely N-dealkylation sites (N-methyl/N-ethyl adjacent to an activating group) is 1. The molecule has 1 fully saturated rings. The third-order valence-corrected chi connectivity index (χ3v) is 6.54. The Morgan fingerprint density at radius 2 is 1.72 bits per heavy atom. The number of hydrogen-bond acceptors (Lipinski definition) is 5. The van der Waals surface area contributed by atoms with Gasteiger partial charge in [0.25, 0.3) is 5.91 Å². The molecule has 0 bridgehead atoms. The summed E-state index contributed by atoms with van der Waals surface area (Å²) in [6, 6.07) is 18.1. The molecular formula is C23H26N4OS. The van der Waals surface area contributed by atoms with Crippen LogP contribution in [0.5, 0.6) is 0 Å². The number of hydrogen-bond donors (Lipinski definition) is 1. The zero-order chi connectivity index (χ0) is 20.2. The third-order valence-electron chi connectivity index (χ3n) is 5.34. The predicted octanol–water partition coefficient (Wildman–Crippen LogP) is 4.51. The van der Waals surface area contributed by atoms with E-state index in [1.54, 1.807) is 0 Å². The third kappa shape index (κ3) is 4.33. The van der Waals surface area contributed by atoms with Crippen LogP contribution in [0.25, 0.3) is 10.6 Å². The van der Waals surface area contributed by atoms with Crippen LogP contribution in [0.2, 0.25) is 0 Å². The standard InChI is InChI=1S/C23H26N4OS/c1-3-26-13-15-27(16-14-26)20-12-8-7-11-19(20)25-22(28)21-17(2)24-23(29-21)18-9-5-4-6-10-18/h4-12H,3,13-16H2,1-2H3,(H,25,28). The quantitative estimate of drug-likeness (QED) is 0.677. The van der Waals surface area contributed by atoms with Gasteiger partial charge in [0.05, 0.1) is 17.1 Å². The molecule has 1 aliphatic rings. The molecule has 0 aliphatic carbocycles. The highest BCUT2D eigenvalue weighted by Gasteiger charge is 2.21. The van der Waals surface area contributed by atoms with Gasteiger partial charge in [-0.1, -0.05) is 49.4 Å². The number of para-hydroxylation sites is 2. The number of aryl methyl sites for hydroxylation is 1. The van der Waals surface area contributed by atoms with Crippen LogP contribution in [-0.4, -0.2) is 48.5 Å². The van der Waals surface area contributed by atoms with E-state index in [0.29, 0.717) is 4.88 Å². The zero-order valence-corrected chi connectivity index (χ0v) is 17.7. The van der Waals surface area contributed by atoms with E-state index in [4.69, 9.17) is 0 Å². The monoisotopic (exact) mass is 406 g/mol. The maximum Gasteiger partial charge on any atom is 0.267 e. The predicted molar refractivity (Wildman–Crippen MR) is 121 cm³/mol. The van der Waals surface area contributed by atoms with Gasteiger partial charge in [-0.3, -0.25) is 4.79 Å². The van der Waals surface area contributed by atoms with Gasteiger partial charge in [0.15, 0.2) is 0 Å². The summed E-state index contributed by atoms with van der Waals surface area (Å²) in [7, 11) is 0. The van der Waals surface area contributed by atoms with Crippen molar-refractivity contribution in [2.45, 2.75) is 13.8 Å². The van der Waals surface area contributed by atoms with Crippen molar-refractivity contribution in [3.8, 4) is 10.6 Å². The molecule has 2 aromatic carbocycles. The molecule has 5 nitrogen and oxygen atoms in total. The van der Waals surface area contributed by atoms with E-state index in [-0.39, 0.29) is 5.91 Å². The first kappa shape index (κ1) is 19.6. The first-order valence-electron chi connectivity index (χ1n) is 10.1. The molecule has 1 saturated heterocycles. The molecule has 0 radical (unpaired) electrons. The minimum Gasteiger partial charge on any atom is -0.367 e. The Morgan fingerprint density at radius 1 is 1.03 bits per heavy atom. The summed E-state index contributed by atoms with van der Waals surface area (Å²) in [4.78, 5) is 23.1. The normalized spacial score (nSPS) is 14.8. The van der Waals surface area contributed by atoms with Gasteiger partial charge < -0.3 is 15.1 Å². The lowest BCUT2D eigenvalue weighted by atomic mass is 10.2. The molecule has 4 rings (SSSR count). The van der Waals surface area contributed by atoms with Gasteiger partial charge in [-0.15, -0.1) is 11.3 Å². The summed E-state index contributed by atoms with van der Waals surface area (Å²) in [5, 5.41) is 4.00. The maximum atomic E-state index is 13.0. The number of rotatable bonds is 5. The Hall–Kier alpha value is -2.70. The van der Waals surface area contributed by atoms with Crippen LogP contribution in [-0.2, 0) is 0 Å². The minimum absolute atomic E-state index is 0.0955. The van der Waals surface area contributed by atoms with Crippen LogP contribution in [0.1, 0.15) is 22.3 Å². The van der Waals surface area contributed by atoms with Crippen molar-refractivity contribution in [2.24, 2.45) is 0 Å². The van der Waals surface area contributed by atoms with Crippen LogP contribution in [0.3, 0.4) is 0 Å². The molecule has 150 valence electrons. The molecule has 0 atom stereocenters. The Kier molecular flexibility index (Phi) is 5.92. The summed E-state index contributed by atoms with van der Waals surface area (Å²) in [6.07, 6.45) is 0. The lowest BCUT2D eigenvalue weighted by Crippen LogP contribution is -2.46. The van der Waals surface area contributed by atoms with Crippen LogP contribution in [0.15, 0.2) is 54.6 Å². The molecular weight excluding hydrogens is 380 g/mol. The Labute approximate surface area is 176 Å². The lowest BCUT2D eigenvalue weighted by Gasteiger charge is -2.36. The number of anilines is 2. The molecule has 1 aromatic heterocycles. The largest absolute Gasteiger partial charge is 0.367 e. The van der Waals surface area contributed by atoms with Crippen molar-refractivity contribution >= 4 is 28.6 Å². The highest BCUT2D eigenvalue weighted by molar-refractivity contribution is 7.17. The fourth-order valence-electron chi connectivity index (χ4n) is 3.65. The highest BCUT2D eigenvalue weighted by atomic mass is 32.1. The van der Waals surface area contributed by atoms with Crippen molar-refractivity contribution in [2.75, 3.05) is 42.9 Å². The van der Waals surface area contributed by atoms with E-state index in [9.17, 15) is 4.79 Å². The average molecular weight is 407 g/mol. The van der Waals surface area contributed by atoms with E-state index >= 15 is 0 Å². The van der Waals surface area contributed by atoms with Gasteiger partial charge in [0, 0.05) is 31.7 Å². The maximum absolute atomic E-state index is 13.0. The van der Waals surface area contributed by atoms with Gasteiger partial charge in [0.2, 0.25) is 0 Å². The van der Waals surface area contributed by atoms with Crippen LogP contribution in [0.4, 0.5) is 11.4 Å². The van der Waals surface area contributed by atoms with Crippen molar-refractivity contribution in [3.05, 3.63) is 65.2 Å². The van der Waals surface area contributed by atoms with E-state index < -0.39 is 0 Å². The van der Waals surface area contributed by atoms with Crippen molar-refractivity contribution in [1.82, 2.24) is 9.88 Å². The molecule has 0 spiro atoms. The minimum atomic E-state index is -0.0955. The summed E-state index contributed by atoms with van der Waals surface area (Å²) in [5.74, 6) is -0.0955. The molecule has 0 unspecified atom stereocenters. The molecule has 3 aromatic rings. The number of piperazine rings is 1. The summed E-state index contributed by atoms with van der Waals surface area (Å²) in [5.41, 5.74) is 3.74. The second kappa shape index (κ2) is 8.76. The first-order chi connectivity index (χ1) is 14.2. The van der Waals surface area contributed by atoms with Crippen LogP contribution in [0, 0.1) is 6.92 Å². The molecule has 29 heavy (non-hydrogen) atoms. The van der Waals surface area contributed by atoms with Gasteiger partial charge in [0.1, 0.15) is 9.88 Å². The smallest absolute Gasteiger partial charge is 0.267 e. The fraction of sp³-hybridized carbons (Fsp3) is 0.304.